The van der Waals surface area contributed by atoms with Gasteiger partial charge in [0.25, 0.3) is 0 Å². The first-order valence-electron chi connectivity index (χ1n) is 7.00. The molecule has 0 aliphatic rings. The molecule has 0 spiro atoms. The van der Waals surface area contributed by atoms with Crippen LogP contribution in [0.4, 0.5) is 0 Å². The van der Waals surface area contributed by atoms with Gasteiger partial charge in [0.15, 0.2) is 5.78 Å². The van der Waals surface area contributed by atoms with Crippen LogP contribution in [0, 0.1) is 3.57 Å². The Morgan fingerprint density at radius 3 is 2.22 bits per heavy atom. The maximum Gasteiger partial charge on any atom is 0.194 e. The lowest BCUT2D eigenvalue weighted by Gasteiger charge is -2.06. The molecule has 0 heterocycles. The molecule has 0 bridgehead atoms. The Kier molecular flexibility index (Phi) is 5.03. The summed E-state index contributed by atoms with van der Waals surface area (Å²) in [7, 11) is 0. The van der Waals surface area contributed by atoms with E-state index < -0.39 is 0 Å². The first kappa shape index (κ1) is 16.1. The Morgan fingerprint density at radius 2 is 1.52 bits per heavy atom. The lowest BCUT2D eigenvalue weighted by molar-refractivity contribution is 0.103. The second-order valence-electron chi connectivity index (χ2n) is 4.93. The second-order valence-corrected chi connectivity index (χ2v) is 7.24. The number of hydrogen-bond donors (Lipinski definition) is 1. The van der Waals surface area contributed by atoms with Crippen molar-refractivity contribution in [2.24, 2.45) is 0 Å². The molecule has 0 saturated carbocycles. The van der Waals surface area contributed by atoms with E-state index in [-0.39, 0.29) is 11.5 Å². The third-order valence-electron chi connectivity index (χ3n) is 3.29. The number of hydrogen-bond acceptors (Lipinski definition) is 3. The zero-order chi connectivity index (χ0) is 16.2. The SMILES string of the molecule is O=C(c1ccc(Sc2ccccc2)cc1)c1cc(O)ccc1I. The Bertz CT molecular complexity index is 830. The number of carbonyl (C=O) groups excluding carboxylic acids is 1. The van der Waals surface area contributed by atoms with E-state index in [0.29, 0.717) is 11.1 Å². The fraction of sp³-hybridized carbons (Fsp3) is 0. The normalized spacial score (nSPS) is 10.5. The zero-order valence-corrected chi connectivity index (χ0v) is 15.0. The van der Waals surface area contributed by atoms with Crippen molar-refractivity contribution in [2.45, 2.75) is 9.79 Å². The molecule has 1 N–H and O–H groups in total. The number of aromatic hydroxyl groups is 1. The van der Waals surface area contributed by atoms with Gasteiger partial charge in [-0.2, -0.15) is 0 Å². The van der Waals surface area contributed by atoms with Crippen LogP contribution in [0.15, 0.2) is 82.6 Å². The number of phenolic OH excluding ortho intramolecular Hbond substituents is 1. The third-order valence-corrected chi connectivity index (χ3v) is 5.25. The average molecular weight is 432 g/mol. The highest BCUT2D eigenvalue weighted by molar-refractivity contribution is 14.1. The van der Waals surface area contributed by atoms with E-state index in [1.807, 2.05) is 42.5 Å². The lowest BCUT2D eigenvalue weighted by atomic mass is 10.0. The van der Waals surface area contributed by atoms with Gasteiger partial charge in [-0.15, -0.1) is 0 Å². The summed E-state index contributed by atoms with van der Waals surface area (Å²) < 4.78 is 0.827. The summed E-state index contributed by atoms with van der Waals surface area (Å²) in [5.41, 5.74) is 1.14. The van der Waals surface area contributed by atoms with Crippen LogP contribution in [0.1, 0.15) is 15.9 Å². The smallest absolute Gasteiger partial charge is 0.194 e. The Balaban J connectivity index is 1.82. The van der Waals surface area contributed by atoms with Gasteiger partial charge in [-0.1, -0.05) is 30.0 Å². The van der Waals surface area contributed by atoms with Crippen molar-refractivity contribution in [1.82, 2.24) is 0 Å². The van der Waals surface area contributed by atoms with E-state index in [9.17, 15) is 9.90 Å². The fourth-order valence-electron chi connectivity index (χ4n) is 2.14. The van der Waals surface area contributed by atoms with Gasteiger partial charge >= 0.3 is 0 Å². The van der Waals surface area contributed by atoms with Crippen LogP contribution in [0.25, 0.3) is 0 Å². The van der Waals surface area contributed by atoms with Crippen molar-refractivity contribution >= 4 is 40.1 Å². The van der Waals surface area contributed by atoms with E-state index in [4.69, 9.17) is 0 Å². The molecule has 3 rings (SSSR count). The van der Waals surface area contributed by atoms with Crippen molar-refractivity contribution in [3.05, 3.63) is 87.5 Å². The summed E-state index contributed by atoms with van der Waals surface area (Å²) in [5, 5.41) is 9.58. The summed E-state index contributed by atoms with van der Waals surface area (Å²) in [5.74, 6) is 0.0200. The lowest BCUT2D eigenvalue weighted by Crippen LogP contribution is -2.03. The molecule has 3 aromatic carbocycles. The zero-order valence-electron chi connectivity index (χ0n) is 12.1. The average Bonchev–Trinajstić information content (AvgIpc) is 2.58. The number of phenols is 1. The number of halogens is 1. The van der Waals surface area contributed by atoms with Crippen LogP contribution < -0.4 is 0 Å². The molecular formula is C19H13IO2S. The van der Waals surface area contributed by atoms with E-state index in [1.54, 1.807) is 23.9 Å². The maximum absolute atomic E-state index is 12.6. The fourth-order valence-corrected chi connectivity index (χ4v) is 3.56. The number of ketones is 1. The van der Waals surface area contributed by atoms with Gasteiger partial charge in [0.05, 0.1) is 0 Å². The highest BCUT2D eigenvalue weighted by atomic mass is 127. The maximum atomic E-state index is 12.6. The van der Waals surface area contributed by atoms with E-state index >= 15 is 0 Å². The quantitative estimate of drug-likeness (QED) is 0.445. The Hall–Kier alpha value is -1.79. The van der Waals surface area contributed by atoms with Crippen LogP contribution >= 0.6 is 34.4 Å². The molecule has 0 saturated heterocycles. The highest BCUT2D eigenvalue weighted by Gasteiger charge is 2.13. The van der Waals surface area contributed by atoms with Crippen molar-refractivity contribution in [3.63, 3.8) is 0 Å². The van der Waals surface area contributed by atoms with E-state index in [1.165, 1.54) is 6.07 Å². The van der Waals surface area contributed by atoms with Crippen LogP contribution in [-0.4, -0.2) is 10.9 Å². The summed E-state index contributed by atoms with van der Waals surface area (Å²) in [6, 6.07) is 22.5. The number of rotatable bonds is 4. The minimum Gasteiger partial charge on any atom is -0.508 e. The van der Waals surface area contributed by atoms with Crippen LogP contribution in [-0.2, 0) is 0 Å². The third kappa shape index (κ3) is 3.95. The van der Waals surface area contributed by atoms with Gasteiger partial charge in [-0.25, -0.2) is 0 Å². The monoisotopic (exact) mass is 432 g/mol. The highest BCUT2D eigenvalue weighted by Crippen LogP contribution is 2.28. The first-order chi connectivity index (χ1) is 11.1. The molecular weight excluding hydrogens is 419 g/mol. The Labute approximate surface area is 152 Å². The molecule has 0 fully saturated rings. The summed E-state index contributed by atoms with van der Waals surface area (Å²) >= 11 is 3.76. The summed E-state index contributed by atoms with van der Waals surface area (Å²) in [4.78, 5) is 14.8. The summed E-state index contributed by atoms with van der Waals surface area (Å²) in [6.07, 6.45) is 0. The molecule has 0 aliphatic heterocycles. The van der Waals surface area contributed by atoms with Crippen molar-refractivity contribution in [3.8, 4) is 5.75 Å². The van der Waals surface area contributed by atoms with Crippen LogP contribution in [0.2, 0.25) is 0 Å². The topological polar surface area (TPSA) is 37.3 Å². The van der Waals surface area contributed by atoms with Crippen molar-refractivity contribution in [1.29, 1.82) is 0 Å². The molecule has 0 aliphatic carbocycles. The largest absolute Gasteiger partial charge is 0.508 e. The van der Waals surface area contributed by atoms with Crippen molar-refractivity contribution < 1.29 is 9.90 Å². The molecule has 3 aromatic rings. The summed E-state index contributed by atoms with van der Waals surface area (Å²) in [6.45, 7) is 0. The van der Waals surface area contributed by atoms with Crippen LogP contribution in [0.5, 0.6) is 5.75 Å². The molecule has 0 aromatic heterocycles. The molecule has 4 heteroatoms. The molecule has 0 unspecified atom stereocenters. The van der Waals surface area contributed by atoms with E-state index in [2.05, 4.69) is 34.7 Å². The van der Waals surface area contributed by atoms with Gasteiger partial charge in [0.1, 0.15) is 5.75 Å². The van der Waals surface area contributed by atoms with Gasteiger partial charge in [0.2, 0.25) is 0 Å². The van der Waals surface area contributed by atoms with Gasteiger partial charge in [0, 0.05) is 24.5 Å². The molecule has 0 atom stereocenters. The number of carbonyl (C=O) groups is 1. The van der Waals surface area contributed by atoms with Gasteiger partial charge < -0.3 is 5.11 Å². The first-order valence-corrected chi connectivity index (χ1v) is 8.89. The predicted octanol–water partition coefficient (Wildman–Crippen LogP) is 5.38. The molecule has 23 heavy (non-hydrogen) atoms. The van der Waals surface area contributed by atoms with Gasteiger partial charge in [-0.05, 0) is 77.2 Å². The number of benzene rings is 3. The van der Waals surface area contributed by atoms with Crippen LogP contribution in [0.3, 0.4) is 0 Å². The molecule has 0 amide bonds. The van der Waals surface area contributed by atoms with Gasteiger partial charge in [-0.3, -0.25) is 4.79 Å². The van der Waals surface area contributed by atoms with Crippen molar-refractivity contribution in [2.75, 3.05) is 0 Å². The minimum atomic E-state index is -0.0819. The molecule has 2 nitrogen and oxygen atoms in total. The molecule has 0 radical (unpaired) electrons. The second kappa shape index (κ2) is 7.19. The molecule has 114 valence electrons. The van der Waals surface area contributed by atoms with E-state index in [0.717, 1.165) is 13.4 Å². The predicted molar refractivity (Wildman–Crippen MR) is 101 cm³/mol. The minimum absolute atomic E-state index is 0.0819. The Morgan fingerprint density at radius 1 is 0.870 bits per heavy atom. The standard InChI is InChI=1S/C19H13IO2S/c20-18-11-8-14(21)12-17(18)19(22)13-6-9-16(10-7-13)23-15-4-2-1-3-5-15/h1-12,21H.